The minimum Gasteiger partial charge on any atom is -0.462 e. The number of esters is 5. The zero-order valence-corrected chi connectivity index (χ0v) is 35.1. The summed E-state index contributed by atoms with van der Waals surface area (Å²) in [4.78, 5) is 64.1. The van der Waals surface area contributed by atoms with Gasteiger partial charge in [0.05, 0.1) is 12.2 Å². The molecule has 1 aromatic carbocycles. The summed E-state index contributed by atoms with van der Waals surface area (Å²) in [6.45, 7) is 20.8. The normalized spacial score (nSPS) is 39.6. The van der Waals surface area contributed by atoms with Gasteiger partial charge in [-0.2, -0.15) is 0 Å². The Bertz CT molecular complexity index is 1750. The number of hydrogen-bond donors (Lipinski definition) is 0. The van der Waals surface area contributed by atoms with E-state index in [1.54, 1.807) is 24.3 Å². The van der Waals surface area contributed by atoms with Crippen molar-refractivity contribution in [1.29, 1.82) is 0 Å². The maximum Gasteiger partial charge on any atom is 0.338 e. The van der Waals surface area contributed by atoms with Crippen molar-refractivity contribution in [2.24, 2.45) is 45.3 Å². The molecule has 1 heterocycles. The minimum absolute atomic E-state index is 0.0420. The number of carbonyl (C=O) groups excluding carboxylic acids is 5. The van der Waals surface area contributed by atoms with E-state index in [0.717, 1.165) is 19.3 Å². The fourth-order valence-electron chi connectivity index (χ4n) is 12.6. The Morgan fingerprint density at radius 1 is 0.679 bits per heavy atom. The molecular formula is C45H62O11. The third kappa shape index (κ3) is 7.08. The summed E-state index contributed by atoms with van der Waals surface area (Å²) in [6.07, 6.45) is 2.88. The lowest BCUT2D eigenvalue weighted by Crippen LogP contribution is -2.70. The molecular weight excluding hydrogens is 716 g/mol. The lowest BCUT2D eigenvalue weighted by Gasteiger charge is -2.70. The first-order chi connectivity index (χ1) is 26.1. The van der Waals surface area contributed by atoms with Gasteiger partial charge in [0.1, 0.15) is 30.0 Å². The zero-order valence-electron chi connectivity index (χ0n) is 35.1. The highest BCUT2D eigenvalue weighted by Crippen LogP contribution is 2.74. The van der Waals surface area contributed by atoms with Crippen LogP contribution in [0.4, 0.5) is 0 Å². The van der Waals surface area contributed by atoms with Gasteiger partial charge in [0.25, 0.3) is 0 Å². The van der Waals surface area contributed by atoms with Gasteiger partial charge in [-0.15, -0.1) is 0 Å². The van der Waals surface area contributed by atoms with E-state index in [1.807, 2.05) is 19.9 Å². The molecule has 4 fully saturated rings. The highest BCUT2D eigenvalue weighted by molar-refractivity contribution is 5.89. The Balaban J connectivity index is 1.38. The summed E-state index contributed by atoms with van der Waals surface area (Å²) >= 11 is 0. The highest BCUT2D eigenvalue weighted by Gasteiger charge is 2.73. The SMILES string of the molecule is CC(=O)O[C@H]1C[C@@H](OC(=O)c2ccccc2)C(C)(C)C2C[C@@H](OC(C)=O)[C@@]3(C)C4=CC[C@@H](C5COC(C)(C)[C@@H](OC(C)=O)[C@H](OC(C)=O)C5)[C@]4(C)CC[C@@H]3[C@]21C. The maximum absolute atomic E-state index is 13.5. The van der Waals surface area contributed by atoms with Crippen LogP contribution in [0.3, 0.4) is 0 Å². The Morgan fingerprint density at radius 3 is 1.89 bits per heavy atom. The van der Waals surface area contributed by atoms with Gasteiger partial charge in [-0.25, -0.2) is 4.79 Å². The summed E-state index contributed by atoms with van der Waals surface area (Å²) in [6, 6.07) is 8.90. The van der Waals surface area contributed by atoms with Crippen molar-refractivity contribution in [3.63, 3.8) is 0 Å². The van der Waals surface area contributed by atoms with E-state index in [9.17, 15) is 24.0 Å². The molecule has 0 spiro atoms. The molecule has 0 aromatic heterocycles. The van der Waals surface area contributed by atoms with Gasteiger partial charge in [-0.3, -0.25) is 19.2 Å². The average molecular weight is 779 g/mol. The van der Waals surface area contributed by atoms with Gasteiger partial charge in [0.15, 0.2) is 6.10 Å². The molecule has 11 nitrogen and oxygen atoms in total. The molecule has 0 radical (unpaired) electrons. The molecule has 11 heteroatoms. The minimum atomic E-state index is -0.903. The van der Waals surface area contributed by atoms with Gasteiger partial charge in [-0.1, -0.05) is 64.5 Å². The van der Waals surface area contributed by atoms with Crippen molar-refractivity contribution in [1.82, 2.24) is 0 Å². The first kappa shape index (κ1) is 41.9. The number of allylic oxidation sites excluding steroid dienone is 1. The van der Waals surface area contributed by atoms with E-state index in [1.165, 1.54) is 33.3 Å². The second kappa shape index (κ2) is 14.9. The van der Waals surface area contributed by atoms with Crippen molar-refractivity contribution >= 4 is 29.8 Å². The van der Waals surface area contributed by atoms with Crippen LogP contribution in [0.25, 0.3) is 0 Å². The van der Waals surface area contributed by atoms with Crippen LogP contribution in [0.1, 0.15) is 125 Å². The predicted octanol–water partition coefficient (Wildman–Crippen LogP) is 7.58. The van der Waals surface area contributed by atoms with Crippen LogP contribution in [0.5, 0.6) is 0 Å². The van der Waals surface area contributed by atoms with Crippen LogP contribution >= 0.6 is 0 Å². The first-order valence-corrected chi connectivity index (χ1v) is 20.4. The van der Waals surface area contributed by atoms with Crippen LogP contribution in [0.15, 0.2) is 42.0 Å². The largest absolute Gasteiger partial charge is 0.462 e. The lowest BCUT2D eigenvalue weighted by molar-refractivity contribution is -0.259. The second-order valence-corrected chi connectivity index (χ2v) is 19.0. The van der Waals surface area contributed by atoms with Gasteiger partial charge < -0.3 is 28.4 Å². The van der Waals surface area contributed by atoms with E-state index in [0.29, 0.717) is 31.4 Å². The Hall–Kier alpha value is -3.73. The average Bonchev–Trinajstić information content (AvgIpc) is 3.40. The van der Waals surface area contributed by atoms with Crippen LogP contribution in [-0.4, -0.2) is 72.6 Å². The molecule has 4 aliphatic carbocycles. The molecule has 1 aliphatic heterocycles. The summed E-state index contributed by atoms with van der Waals surface area (Å²) in [5.74, 6) is -2.25. The number of carbonyl (C=O) groups is 5. The van der Waals surface area contributed by atoms with Crippen molar-refractivity contribution < 1.29 is 52.4 Å². The monoisotopic (exact) mass is 778 g/mol. The van der Waals surface area contributed by atoms with Crippen molar-refractivity contribution in [2.75, 3.05) is 6.61 Å². The number of ether oxygens (including phenoxy) is 6. The predicted molar refractivity (Wildman–Crippen MR) is 206 cm³/mol. The number of fused-ring (bicyclic) bond motifs is 5. The van der Waals surface area contributed by atoms with Gasteiger partial charge in [0, 0.05) is 50.4 Å². The molecule has 6 rings (SSSR count). The van der Waals surface area contributed by atoms with Crippen LogP contribution in [-0.2, 0) is 47.6 Å². The third-order valence-electron chi connectivity index (χ3n) is 15.0. The molecule has 0 N–H and O–H groups in total. The molecule has 1 aromatic rings. The smallest absolute Gasteiger partial charge is 0.338 e. The molecule has 56 heavy (non-hydrogen) atoms. The Morgan fingerprint density at radius 2 is 1.29 bits per heavy atom. The van der Waals surface area contributed by atoms with Crippen molar-refractivity contribution in [2.45, 2.75) is 151 Å². The second-order valence-electron chi connectivity index (χ2n) is 19.0. The molecule has 5 aliphatic rings. The van der Waals surface area contributed by atoms with Gasteiger partial charge >= 0.3 is 29.8 Å². The fraction of sp³-hybridized carbons (Fsp3) is 0.711. The van der Waals surface area contributed by atoms with E-state index >= 15 is 0 Å². The van der Waals surface area contributed by atoms with E-state index < -0.39 is 76.2 Å². The molecule has 12 atom stereocenters. The molecule has 0 bridgehead atoms. The quantitative estimate of drug-likeness (QED) is 0.154. The topological polar surface area (TPSA) is 141 Å². The number of benzene rings is 1. The molecule has 3 saturated carbocycles. The lowest BCUT2D eigenvalue weighted by atomic mass is 9.36. The molecule has 0 amide bonds. The van der Waals surface area contributed by atoms with Gasteiger partial charge in [0.2, 0.25) is 0 Å². The maximum atomic E-state index is 13.5. The number of hydrogen-bond acceptors (Lipinski definition) is 11. The molecule has 2 unspecified atom stereocenters. The van der Waals surface area contributed by atoms with Crippen LogP contribution in [0.2, 0.25) is 0 Å². The van der Waals surface area contributed by atoms with Crippen molar-refractivity contribution in [3.05, 3.63) is 47.5 Å². The number of rotatable bonds is 7. The fourth-order valence-corrected chi connectivity index (χ4v) is 12.6. The summed E-state index contributed by atoms with van der Waals surface area (Å²) in [5, 5.41) is 0. The van der Waals surface area contributed by atoms with Crippen molar-refractivity contribution in [3.8, 4) is 0 Å². The summed E-state index contributed by atoms with van der Waals surface area (Å²) < 4.78 is 37.3. The zero-order chi connectivity index (χ0) is 41.2. The van der Waals surface area contributed by atoms with E-state index in [4.69, 9.17) is 28.4 Å². The summed E-state index contributed by atoms with van der Waals surface area (Å²) in [5.41, 5.74) is -1.31. The summed E-state index contributed by atoms with van der Waals surface area (Å²) in [7, 11) is 0. The Labute approximate surface area is 331 Å². The van der Waals surface area contributed by atoms with E-state index in [2.05, 4.69) is 40.7 Å². The van der Waals surface area contributed by atoms with Crippen LogP contribution < -0.4 is 0 Å². The first-order valence-electron chi connectivity index (χ1n) is 20.4. The van der Waals surface area contributed by atoms with Gasteiger partial charge in [-0.05, 0) is 87.2 Å². The van der Waals surface area contributed by atoms with Crippen LogP contribution in [0, 0.1) is 45.3 Å². The highest BCUT2D eigenvalue weighted by atomic mass is 16.6. The Kier molecular flexibility index (Phi) is 11.1. The molecule has 308 valence electrons. The van der Waals surface area contributed by atoms with E-state index in [-0.39, 0.29) is 35.1 Å². The molecule has 1 saturated heterocycles. The third-order valence-corrected chi connectivity index (χ3v) is 15.0. The standard InChI is InChI=1S/C45H62O11/c1-25(46)52-32-21-30(24-51-42(7,8)39(32)55-28(4)49)31-17-18-33-43(31,9)20-19-34-44(33,10)37(53-26(2)47)22-35-41(5,6)36(23-38(45(34,35)11)54-27(3)48)56-40(50)29-15-13-12-14-16-29/h12-16,18,30-32,34-39H,17,19-24H2,1-11H3/t30?,31-,32+,34-,35?,36+,37+,38-,39-,43-,44-,45+/m0/s1.